The van der Waals surface area contributed by atoms with Crippen LogP contribution in [0.15, 0.2) is 82.6 Å². The SMILES string of the molecule is O=S(=O)(O)c1c(CCc2ccc3ccccc3c2S(=O)(=O)O)ccc2ccccc12. The van der Waals surface area contributed by atoms with Crippen LogP contribution >= 0.6 is 0 Å². The van der Waals surface area contributed by atoms with Gasteiger partial charge in [0, 0.05) is 10.8 Å². The fourth-order valence-electron chi connectivity index (χ4n) is 3.85. The first-order valence-electron chi connectivity index (χ1n) is 9.12. The van der Waals surface area contributed by atoms with E-state index in [1.165, 1.54) is 0 Å². The van der Waals surface area contributed by atoms with Crippen LogP contribution in [-0.4, -0.2) is 25.9 Å². The van der Waals surface area contributed by atoms with Gasteiger partial charge in [-0.05, 0) is 34.7 Å². The second kappa shape index (κ2) is 7.48. The van der Waals surface area contributed by atoms with E-state index in [2.05, 4.69) is 0 Å². The Morgan fingerprint density at radius 3 is 1.27 bits per heavy atom. The van der Waals surface area contributed by atoms with Crippen LogP contribution < -0.4 is 0 Å². The van der Waals surface area contributed by atoms with Gasteiger partial charge in [0.1, 0.15) is 9.79 Å². The second-order valence-corrected chi connectivity index (χ2v) is 9.72. The molecule has 0 aliphatic carbocycles. The van der Waals surface area contributed by atoms with Crippen molar-refractivity contribution >= 4 is 41.8 Å². The Morgan fingerprint density at radius 1 is 0.533 bits per heavy atom. The Balaban J connectivity index is 1.84. The van der Waals surface area contributed by atoms with E-state index in [0.717, 1.165) is 0 Å². The Kier molecular flexibility index (Phi) is 5.11. The molecule has 0 atom stereocenters. The maximum Gasteiger partial charge on any atom is 0.295 e. The lowest BCUT2D eigenvalue weighted by Crippen LogP contribution is -2.08. The zero-order chi connectivity index (χ0) is 21.5. The fourth-order valence-corrected chi connectivity index (χ4v) is 5.78. The summed E-state index contributed by atoms with van der Waals surface area (Å²) < 4.78 is 68.1. The molecule has 0 aromatic heterocycles. The molecule has 0 amide bonds. The van der Waals surface area contributed by atoms with Crippen LogP contribution in [-0.2, 0) is 33.1 Å². The summed E-state index contributed by atoms with van der Waals surface area (Å²) in [6.45, 7) is 0. The maximum atomic E-state index is 12.1. The molecule has 4 rings (SSSR count). The topological polar surface area (TPSA) is 109 Å². The third-order valence-corrected chi connectivity index (χ3v) is 7.10. The molecular weight excluding hydrogens is 424 g/mol. The van der Waals surface area contributed by atoms with Gasteiger partial charge in [-0.15, -0.1) is 0 Å². The average Bonchev–Trinajstić information content (AvgIpc) is 2.69. The van der Waals surface area contributed by atoms with E-state index < -0.39 is 20.2 Å². The van der Waals surface area contributed by atoms with Crippen molar-refractivity contribution in [2.75, 3.05) is 0 Å². The van der Waals surface area contributed by atoms with Gasteiger partial charge in [0.2, 0.25) is 0 Å². The monoisotopic (exact) mass is 442 g/mol. The summed E-state index contributed by atoms with van der Waals surface area (Å²) in [5.74, 6) is 0. The largest absolute Gasteiger partial charge is 0.295 e. The van der Waals surface area contributed by atoms with Crippen LogP contribution in [0, 0.1) is 0 Å². The van der Waals surface area contributed by atoms with E-state index in [9.17, 15) is 25.9 Å². The molecule has 2 N–H and O–H groups in total. The van der Waals surface area contributed by atoms with Gasteiger partial charge in [-0.2, -0.15) is 16.8 Å². The number of hydrogen-bond donors (Lipinski definition) is 2. The molecule has 4 aromatic carbocycles. The van der Waals surface area contributed by atoms with Gasteiger partial charge >= 0.3 is 0 Å². The standard InChI is InChI=1S/C22H18O6S2/c23-29(24,25)21-17(11-9-15-5-1-3-7-19(15)21)13-14-18-12-10-16-6-2-4-8-20(16)22(18)30(26,27)28/h1-12H,13-14H2,(H,23,24,25)(H,26,27,28). The average molecular weight is 443 g/mol. The predicted molar refractivity (Wildman–Crippen MR) is 115 cm³/mol. The number of rotatable bonds is 5. The van der Waals surface area contributed by atoms with Crippen molar-refractivity contribution in [2.45, 2.75) is 22.6 Å². The van der Waals surface area contributed by atoms with Crippen molar-refractivity contribution < 1.29 is 25.9 Å². The lowest BCUT2D eigenvalue weighted by Gasteiger charge is -2.13. The summed E-state index contributed by atoms with van der Waals surface area (Å²) in [5, 5.41) is 2.12. The van der Waals surface area contributed by atoms with E-state index in [1.807, 2.05) is 0 Å². The molecule has 0 saturated heterocycles. The summed E-state index contributed by atoms with van der Waals surface area (Å²) in [7, 11) is -9.01. The highest BCUT2D eigenvalue weighted by molar-refractivity contribution is 7.86. The highest BCUT2D eigenvalue weighted by Crippen LogP contribution is 2.31. The van der Waals surface area contributed by atoms with E-state index in [0.29, 0.717) is 32.7 Å². The van der Waals surface area contributed by atoms with E-state index in [1.54, 1.807) is 72.8 Å². The quantitative estimate of drug-likeness (QED) is 0.447. The van der Waals surface area contributed by atoms with E-state index in [-0.39, 0.29) is 22.6 Å². The molecule has 0 unspecified atom stereocenters. The summed E-state index contributed by atoms with van der Waals surface area (Å²) in [4.78, 5) is -0.371. The molecule has 0 fully saturated rings. The van der Waals surface area contributed by atoms with E-state index >= 15 is 0 Å². The normalized spacial score (nSPS) is 12.5. The summed E-state index contributed by atoms with van der Waals surface area (Å²) in [6.07, 6.45) is 0.307. The molecule has 0 saturated carbocycles. The van der Waals surface area contributed by atoms with Gasteiger partial charge in [0.15, 0.2) is 0 Å². The van der Waals surface area contributed by atoms with Crippen LogP contribution in [0.1, 0.15) is 11.1 Å². The van der Waals surface area contributed by atoms with Crippen molar-refractivity contribution in [3.05, 3.63) is 83.9 Å². The van der Waals surface area contributed by atoms with Crippen LogP contribution in [0.5, 0.6) is 0 Å². The maximum absolute atomic E-state index is 12.1. The second-order valence-electron chi connectivity index (χ2n) is 7.00. The third kappa shape index (κ3) is 3.82. The number of hydrogen-bond acceptors (Lipinski definition) is 4. The van der Waals surface area contributed by atoms with Gasteiger partial charge < -0.3 is 0 Å². The molecule has 0 aliphatic heterocycles. The lowest BCUT2D eigenvalue weighted by atomic mass is 9.99. The van der Waals surface area contributed by atoms with Crippen molar-refractivity contribution in [1.29, 1.82) is 0 Å². The molecular formula is C22H18O6S2. The number of aryl methyl sites for hydroxylation is 2. The van der Waals surface area contributed by atoms with Crippen LogP contribution in [0.25, 0.3) is 21.5 Å². The predicted octanol–water partition coefficient (Wildman–Crippen LogP) is 4.27. The lowest BCUT2D eigenvalue weighted by molar-refractivity contribution is 0.480. The molecule has 0 heterocycles. The van der Waals surface area contributed by atoms with Gasteiger partial charge in [-0.25, -0.2) is 0 Å². The molecule has 154 valence electrons. The first kappa shape index (κ1) is 20.5. The molecule has 0 spiro atoms. The first-order valence-corrected chi connectivity index (χ1v) is 12.0. The van der Waals surface area contributed by atoms with Crippen molar-refractivity contribution in [3.63, 3.8) is 0 Å². The molecule has 6 nitrogen and oxygen atoms in total. The number of benzene rings is 4. The van der Waals surface area contributed by atoms with Crippen molar-refractivity contribution in [2.24, 2.45) is 0 Å². The summed E-state index contributed by atoms with van der Waals surface area (Å²) in [5.41, 5.74) is 0.733. The Morgan fingerprint density at radius 2 is 0.900 bits per heavy atom. The molecule has 4 aromatic rings. The molecule has 0 aliphatic rings. The van der Waals surface area contributed by atoms with Crippen LogP contribution in [0.3, 0.4) is 0 Å². The van der Waals surface area contributed by atoms with Gasteiger partial charge in [-0.3, -0.25) is 9.11 Å². The Labute approximate surface area is 174 Å². The highest BCUT2D eigenvalue weighted by atomic mass is 32.2. The Hall–Kier alpha value is -2.78. The minimum atomic E-state index is -4.51. The minimum Gasteiger partial charge on any atom is -0.282 e. The minimum absolute atomic E-state index is 0.154. The van der Waals surface area contributed by atoms with Gasteiger partial charge in [-0.1, -0.05) is 72.8 Å². The molecule has 0 bridgehead atoms. The van der Waals surface area contributed by atoms with E-state index in [4.69, 9.17) is 0 Å². The Bertz CT molecular complexity index is 1370. The summed E-state index contributed by atoms with van der Waals surface area (Å²) in [6, 6.07) is 20.3. The van der Waals surface area contributed by atoms with Crippen LogP contribution in [0.4, 0.5) is 0 Å². The smallest absolute Gasteiger partial charge is 0.282 e. The van der Waals surface area contributed by atoms with Crippen LogP contribution in [0.2, 0.25) is 0 Å². The zero-order valence-electron chi connectivity index (χ0n) is 15.7. The van der Waals surface area contributed by atoms with Gasteiger partial charge in [0.05, 0.1) is 0 Å². The third-order valence-electron chi connectivity index (χ3n) is 5.10. The van der Waals surface area contributed by atoms with Gasteiger partial charge in [0.25, 0.3) is 20.2 Å². The van der Waals surface area contributed by atoms with Crippen molar-refractivity contribution in [1.82, 2.24) is 0 Å². The summed E-state index contributed by atoms with van der Waals surface area (Å²) >= 11 is 0. The molecule has 8 heteroatoms. The first-order chi connectivity index (χ1) is 14.2. The highest BCUT2D eigenvalue weighted by Gasteiger charge is 2.22. The zero-order valence-corrected chi connectivity index (χ0v) is 17.3. The molecule has 0 radical (unpaired) electrons. The number of fused-ring (bicyclic) bond motifs is 2. The molecule has 30 heavy (non-hydrogen) atoms. The van der Waals surface area contributed by atoms with Crippen molar-refractivity contribution in [3.8, 4) is 0 Å². The fraction of sp³-hybridized carbons (Fsp3) is 0.0909.